The van der Waals surface area contributed by atoms with E-state index in [1.165, 1.54) is 29.2 Å². The van der Waals surface area contributed by atoms with Crippen molar-refractivity contribution in [3.8, 4) is 5.75 Å². The maximum Gasteiger partial charge on any atom is 0.264 e. The Balaban J connectivity index is 2.04. The number of ether oxygens (including phenoxy) is 1. The van der Waals surface area contributed by atoms with Crippen LogP contribution in [-0.4, -0.2) is 51.4 Å². The molecule has 208 valence electrons. The van der Waals surface area contributed by atoms with E-state index in [9.17, 15) is 18.0 Å². The molecular weight excluding hydrogens is 561 g/mol. The molecule has 3 aromatic carbocycles. The molecule has 0 radical (unpaired) electrons. The van der Waals surface area contributed by atoms with Crippen LogP contribution in [0.2, 0.25) is 10.0 Å². The van der Waals surface area contributed by atoms with Crippen LogP contribution in [0.4, 0.5) is 5.69 Å². The fraction of sp³-hybridized carbons (Fsp3) is 0.286. The van der Waals surface area contributed by atoms with Crippen molar-refractivity contribution < 1.29 is 22.7 Å². The number of halogens is 2. The summed E-state index contributed by atoms with van der Waals surface area (Å²) in [5, 5.41) is 2.93. The lowest BCUT2D eigenvalue weighted by Gasteiger charge is -2.32. The number of methoxy groups -OCH3 is 1. The molecule has 0 heterocycles. The van der Waals surface area contributed by atoms with Crippen LogP contribution < -0.4 is 14.4 Å². The summed E-state index contributed by atoms with van der Waals surface area (Å²) < 4.78 is 33.7. The molecule has 1 atom stereocenters. The van der Waals surface area contributed by atoms with Crippen LogP contribution in [0.1, 0.15) is 25.8 Å². The van der Waals surface area contributed by atoms with Gasteiger partial charge < -0.3 is 15.0 Å². The first-order chi connectivity index (χ1) is 18.6. The van der Waals surface area contributed by atoms with Crippen molar-refractivity contribution in [3.05, 3.63) is 88.4 Å². The largest absolute Gasteiger partial charge is 0.497 e. The van der Waals surface area contributed by atoms with E-state index in [0.717, 1.165) is 16.3 Å². The minimum Gasteiger partial charge on any atom is -0.497 e. The summed E-state index contributed by atoms with van der Waals surface area (Å²) in [5.41, 5.74) is 0.784. The number of carbonyl (C=O) groups excluding carboxylic acids is 2. The van der Waals surface area contributed by atoms with Crippen molar-refractivity contribution >= 4 is 50.7 Å². The average molecular weight is 593 g/mol. The monoisotopic (exact) mass is 591 g/mol. The number of nitrogens with zero attached hydrogens (tertiary/aromatic N) is 2. The van der Waals surface area contributed by atoms with E-state index in [0.29, 0.717) is 12.3 Å². The number of amides is 2. The summed E-state index contributed by atoms with van der Waals surface area (Å²) >= 11 is 12.6. The molecule has 0 aliphatic carbocycles. The molecule has 0 fully saturated rings. The lowest BCUT2D eigenvalue weighted by atomic mass is 10.1. The number of hydrogen-bond acceptors (Lipinski definition) is 5. The van der Waals surface area contributed by atoms with Gasteiger partial charge >= 0.3 is 0 Å². The van der Waals surface area contributed by atoms with Crippen LogP contribution in [0.25, 0.3) is 0 Å². The van der Waals surface area contributed by atoms with Gasteiger partial charge in [0.1, 0.15) is 18.3 Å². The zero-order chi connectivity index (χ0) is 28.6. The summed E-state index contributed by atoms with van der Waals surface area (Å²) in [6.45, 7) is 3.42. The number of rotatable bonds is 12. The average Bonchev–Trinajstić information content (AvgIpc) is 2.95. The van der Waals surface area contributed by atoms with Crippen molar-refractivity contribution in [2.24, 2.45) is 0 Å². The van der Waals surface area contributed by atoms with Crippen molar-refractivity contribution in [1.29, 1.82) is 0 Å². The second-order valence-electron chi connectivity index (χ2n) is 8.73. The van der Waals surface area contributed by atoms with Gasteiger partial charge in [0.25, 0.3) is 10.0 Å². The van der Waals surface area contributed by atoms with Gasteiger partial charge in [0.05, 0.1) is 27.7 Å². The van der Waals surface area contributed by atoms with Gasteiger partial charge in [-0.15, -0.1) is 0 Å². The molecule has 2 amide bonds. The number of benzene rings is 3. The number of sulfonamides is 1. The van der Waals surface area contributed by atoms with Crippen LogP contribution >= 0.6 is 23.2 Å². The van der Waals surface area contributed by atoms with Crippen LogP contribution in [0.3, 0.4) is 0 Å². The van der Waals surface area contributed by atoms with E-state index in [2.05, 4.69) is 5.32 Å². The highest BCUT2D eigenvalue weighted by atomic mass is 35.5. The molecular formula is C28H31Cl2N3O5S. The first kappa shape index (κ1) is 30.3. The molecule has 0 saturated heterocycles. The summed E-state index contributed by atoms with van der Waals surface area (Å²) in [6, 6.07) is 18.5. The molecule has 0 saturated carbocycles. The molecule has 1 N–H and O–H groups in total. The van der Waals surface area contributed by atoms with Gasteiger partial charge in [0, 0.05) is 13.1 Å². The Morgan fingerprint density at radius 1 is 0.974 bits per heavy atom. The van der Waals surface area contributed by atoms with Crippen molar-refractivity contribution in [1.82, 2.24) is 10.2 Å². The summed E-state index contributed by atoms with van der Waals surface area (Å²) in [6.07, 6.45) is 0.723. The highest BCUT2D eigenvalue weighted by Gasteiger charge is 2.33. The Hall–Kier alpha value is -3.27. The predicted octanol–water partition coefficient (Wildman–Crippen LogP) is 5.14. The molecule has 8 nitrogen and oxygen atoms in total. The molecule has 0 unspecified atom stereocenters. The van der Waals surface area contributed by atoms with Crippen molar-refractivity contribution in [2.75, 3.05) is 24.5 Å². The first-order valence-corrected chi connectivity index (χ1v) is 14.5. The SMILES string of the molecule is CCCNC(=O)[C@@H](C)N(Cc1ccc(OC)cc1)C(=O)CN(c1cccc(Cl)c1Cl)S(=O)(=O)c1ccccc1. The third-order valence-corrected chi connectivity index (χ3v) is 8.62. The number of nitrogens with one attached hydrogen (secondary N) is 1. The van der Waals surface area contributed by atoms with E-state index < -0.39 is 28.5 Å². The van der Waals surface area contributed by atoms with Gasteiger partial charge in [0.2, 0.25) is 11.8 Å². The third kappa shape index (κ3) is 7.44. The smallest absolute Gasteiger partial charge is 0.264 e. The van der Waals surface area contributed by atoms with Gasteiger partial charge in [-0.3, -0.25) is 13.9 Å². The highest BCUT2D eigenvalue weighted by Crippen LogP contribution is 2.35. The van der Waals surface area contributed by atoms with Gasteiger partial charge in [-0.25, -0.2) is 8.42 Å². The Morgan fingerprint density at radius 2 is 1.64 bits per heavy atom. The minimum atomic E-state index is -4.24. The van der Waals surface area contributed by atoms with Gasteiger partial charge in [-0.05, 0) is 55.3 Å². The normalized spacial score (nSPS) is 11.9. The summed E-state index contributed by atoms with van der Waals surface area (Å²) in [5.74, 6) is -0.307. The second-order valence-corrected chi connectivity index (χ2v) is 11.4. The maximum absolute atomic E-state index is 13.9. The Morgan fingerprint density at radius 3 is 2.26 bits per heavy atom. The lowest BCUT2D eigenvalue weighted by Crippen LogP contribution is -2.51. The van der Waals surface area contributed by atoms with Gasteiger partial charge in [-0.1, -0.05) is 66.5 Å². The number of anilines is 1. The Bertz CT molecular complexity index is 1390. The quantitative estimate of drug-likeness (QED) is 0.314. The standard InChI is InChI=1S/C28H31Cl2N3O5S/c1-4-17-31-28(35)20(2)32(18-21-13-15-22(38-3)16-14-21)26(34)19-33(25-12-8-11-24(29)27(25)30)39(36,37)23-9-6-5-7-10-23/h5-16,20H,4,17-19H2,1-3H3,(H,31,35)/t20-/m1/s1. The second kappa shape index (κ2) is 13.7. The first-order valence-electron chi connectivity index (χ1n) is 12.3. The van der Waals surface area contributed by atoms with Gasteiger partial charge in [0.15, 0.2) is 0 Å². The number of hydrogen-bond donors (Lipinski definition) is 1. The molecule has 11 heteroatoms. The lowest BCUT2D eigenvalue weighted by molar-refractivity contribution is -0.139. The van der Waals surface area contributed by atoms with E-state index in [-0.39, 0.29) is 33.1 Å². The van der Waals surface area contributed by atoms with Crippen LogP contribution in [0, 0.1) is 0 Å². The van der Waals surface area contributed by atoms with E-state index >= 15 is 0 Å². The minimum absolute atomic E-state index is 0.0121. The van der Waals surface area contributed by atoms with E-state index in [4.69, 9.17) is 27.9 Å². The fourth-order valence-electron chi connectivity index (χ4n) is 3.82. The van der Waals surface area contributed by atoms with Crippen LogP contribution in [0.5, 0.6) is 5.75 Å². The summed E-state index contributed by atoms with van der Waals surface area (Å²) in [7, 11) is -2.69. The highest BCUT2D eigenvalue weighted by molar-refractivity contribution is 7.92. The molecule has 0 aliphatic heterocycles. The van der Waals surface area contributed by atoms with Crippen molar-refractivity contribution in [2.45, 2.75) is 37.8 Å². The molecule has 0 aromatic heterocycles. The molecule has 0 bridgehead atoms. The predicted molar refractivity (Wildman–Crippen MR) is 154 cm³/mol. The zero-order valence-electron chi connectivity index (χ0n) is 21.9. The molecule has 3 rings (SSSR count). The third-order valence-electron chi connectivity index (χ3n) is 6.04. The molecule has 0 spiro atoms. The topological polar surface area (TPSA) is 96.0 Å². The molecule has 3 aromatic rings. The van der Waals surface area contributed by atoms with E-state index in [1.54, 1.807) is 62.6 Å². The Labute approximate surface area is 239 Å². The molecule has 39 heavy (non-hydrogen) atoms. The summed E-state index contributed by atoms with van der Waals surface area (Å²) in [4.78, 5) is 28.1. The maximum atomic E-state index is 13.9. The Kier molecular flexibility index (Phi) is 10.6. The van der Waals surface area contributed by atoms with Crippen LogP contribution in [-0.2, 0) is 26.2 Å². The molecule has 0 aliphatic rings. The zero-order valence-corrected chi connectivity index (χ0v) is 24.3. The van der Waals surface area contributed by atoms with E-state index in [1.807, 2.05) is 6.92 Å². The van der Waals surface area contributed by atoms with Crippen LogP contribution in [0.15, 0.2) is 77.7 Å². The van der Waals surface area contributed by atoms with Gasteiger partial charge in [-0.2, -0.15) is 0 Å². The fourth-order valence-corrected chi connectivity index (χ4v) is 5.72. The van der Waals surface area contributed by atoms with Crippen molar-refractivity contribution in [3.63, 3.8) is 0 Å². The number of carbonyl (C=O) groups is 2.